The molecule has 0 atom stereocenters. The Morgan fingerprint density at radius 1 is 1.38 bits per heavy atom. The third-order valence-corrected chi connectivity index (χ3v) is 2.89. The van der Waals surface area contributed by atoms with Crippen molar-refractivity contribution in [1.29, 1.82) is 0 Å². The lowest BCUT2D eigenvalue weighted by atomic mass is 10.0. The number of hydrogen-bond acceptors (Lipinski definition) is 1. The molecule has 0 unspecified atom stereocenters. The van der Waals surface area contributed by atoms with E-state index in [1.54, 1.807) is 5.56 Å². The van der Waals surface area contributed by atoms with Crippen LogP contribution in [0.5, 0.6) is 0 Å². The van der Waals surface area contributed by atoms with Gasteiger partial charge in [0.1, 0.15) is 0 Å². The normalized spacial score (nSPS) is 14.8. The molecule has 1 aliphatic rings. The van der Waals surface area contributed by atoms with Crippen molar-refractivity contribution in [1.82, 2.24) is 0 Å². The Hall–Kier alpha value is -0.980. The summed E-state index contributed by atoms with van der Waals surface area (Å²) in [6.07, 6.45) is 2.37. The summed E-state index contributed by atoms with van der Waals surface area (Å²) in [4.78, 5) is 2.38. The van der Waals surface area contributed by atoms with Gasteiger partial charge in [-0.25, -0.2) is 0 Å². The fraction of sp³-hybridized carbons (Fsp3) is 0.500. The highest BCUT2D eigenvalue weighted by atomic mass is 15.1. The molecule has 0 aromatic heterocycles. The lowest BCUT2D eigenvalue weighted by molar-refractivity contribution is 0.949. The Bertz CT molecular complexity index is 328. The summed E-state index contributed by atoms with van der Waals surface area (Å²) >= 11 is 0. The molecule has 0 saturated carbocycles. The Labute approximate surface area is 80.4 Å². The molecule has 70 valence electrons. The molecule has 2 rings (SSSR count). The number of rotatable bonds is 1. The fourth-order valence-electron chi connectivity index (χ4n) is 2.28. The van der Waals surface area contributed by atoms with Crippen LogP contribution in [0.3, 0.4) is 0 Å². The van der Waals surface area contributed by atoms with Crippen molar-refractivity contribution in [3.05, 3.63) is 28.8 Å². The van der Waals surface area contributed by atoms with Crippen molar-refractivity contribution in [3.8, 4) is 0 Å². The monoisotopic (exact) mass is 175 g/mol. The number of fused-ring (bicyclic) bond motifs is 1. The average Bonchev–Trinajstić information content (AvgIpc) is 2.46. The molecule has 1 aliphatic heterocycles. The first-order valence-electron chi connectivity index (χ1n) is 5.06. The van der Waals surface area contributed by atoms with Gasteiger partial charge < -0.3 is 4.90 Å². The molecule has 1 heteroatoms. The van der Waals surface area contributed by atoms with Crippen LogP contribution in [0.4, 0.5) is 5.69 Å². The Balaban J connectivity index is 2.57. The molecule has 0 N–H and O–H groups in total. The molecule has 0 radical (unpaired) electrons. The van der Waals surface area contributed by atoms with Crippen molar-refractivity contribution < 1.29 is 0 Å². The topological polar surface area (TPSA) is 3.24 Å². The van der Waals surface area contributed by atoms with Gasteiger partial charge in [-0.1, -0.05) is 24.6 Å². The second kappa shape index (κ2) is 3.06. The smallest absolute Gasteiger partial charge is 0.0429 e. The molecule has 0 aliphatic carbocycles. The van der Waals surface area contributed by atoms with Crippen LogP contribution in [0.25, 0.3) is 0 Å². The maximum absolute atomic E-state index is 2.38. The van der Waals surface area contributed by atoms with Crippen LogP contribution in [0.15, 0.2) is 12.1 Å². The van der Waals surface area contributed by atoms with Crippen LogP contribution in [0.1, 0.15) is 23.6 Å². The summed E-state index contributed by atoms with van der Waals surface area (Å²) in [6.45, 7) is 5.62. The van der Waals surface area contributed by atoms with E-state index in [4.69, 9.17) is 0 Å². The predicted molar refractivity (Wildman–Crippen MR) is 57.5 cm³/mol. The molecule has 0 spiro atoms. The summed E-state index contributed by atoms with van der Waals surface area (Å²) in [5, 5.41) is 0. The average molecular weight is 175 g/mol. The third kappa shape index (κ3) is 1.32. The van der Waals surface area contributed by atoms with Gasteiger partial charge in [0.25, 0.3) is 0 Å². The number of nitrogens with zero attached hydrogens (tertiary/aromatic N) is 1. The van der Waals surface area contributed by atoms with E-state index < -0.39 is 0 Å². The van der Waals surface area contributed by atoms with E-state index in [1.807, 2.05) is 0 Å². The molecular weight excluding hydrogens is 158 g/mol. The van der Waals surface area contributed by atoms with Crippen LogP contribution >= 0.6 is 0 Å². The Kier molecular flexibility index (Phi) is 2.03. The van der Waals surface area contributed by atoms with Gasteiger partial charge in [0.15, 0.2) is 0 Å². The number of benzene rings is 1. The summed E-state index contributed by atoms with van der Waals surface area (Å²) in [5.41, 5.74) is 5.95. The fourth-order valence-corrected chi connectivity index (χ4v) is 2.28. The van der Waals surface area contributed by atoms with E-state index in [0.29, 0.717) is 0 Å². The zero-order chi connectivity index (χ0) is 9.42. The van der Waals surface area contributed by atoms with Crippen LogP contribution in [-0.4, -0.2) is 13.6 Å². The molecule has 1 aromatic carbocycles. The number of aryl methyl sites for hydroxylation is 2. The molecule has 0 amide bonds. The van der Waals surface area contributed by atoms with E-state index in [2.05, 4.69) is 37.9 Å². The molecule has 1 nitrogen and oxygen atoms in total. The lowest BCUT2D eigenvalue weighted by Gasteiger charge is -2.16. The zero-order valence-corrected chi connectivity index (χ0v) is 8.72. The number of anilines is 1. The predicted octanol–water partition coefficient (Wildman–Crippen LogP) is 2.55. The van der Waals surface area contributed by atoms with Gasteiger partial charge in [0.05, 0.1) is 0 Å². The van der Waals surface area contributed by atoms with E-state index in [1.165, 1.54) is 29.8 Å². The van der Waals surface area contributed by atoms with Crippen molar-refractivity contribution >= 4 is 5.69 Å². The van der Waals surface area contributed by atoms with Gasteiger partial charge in [-0.3, -0.25) is 0 Å². The van der Waals surface area contributed by atoms with Crippen LogP contribution in [-0.2, 0) is 12.8 Å². The minimum atomic E-state index is 1.15. The standard InChI is InChI=1S/C12H17N/c1-4-10-7-9(2)8-11-5-6-13(3)12(10)11/h7-8H,4-6H2,1-3H3. The first kappa shape index (κ1) is 8.61. The van der Waals surface area contributed by atoms with Gasteiger partial charge >= 0.3 is 0 Å². The number of hydrogen-bond donors (Lipinski definition) is 0. The van der Waals surface area contributed by atoms with Crippen molar-refractivity contribution in [2.24, 2.45) is 0 Å². The van der Waals surface area contributed by atoms with Crippen molar-refractivity contribution in [2.45, 2.75) is 26.7 Å². The molecular formula is C12H17N. The van der Waals surface area contributed by atoms with Crippen LogP contribution in [0, 0.1) is 6.92 Å². The second-order valence-corrected chi connectivity index (χ2v) is 3.96. The van der Waals surface area contributed by atoms with Gasteiger partial charge in [-0.2, -0.15) is 0 Å². The SMILES string of the molecule is CCc1cc(C)cc2c1N(C)CC2. The molecule has 1 aromatic rings. The van der Waals surface area contributed by atoms with Gasteiger partial charge in [0, 0.05) is 19.3 Å². The maximum atomic E-state index is 2.38. The molecule has 13 heavy (non-hydrogen) atoms. The molecule has 0 fully saturated rings. The minimum absolute atomic E-state index is 1.15. The molecule has 1 heterocycles. The van der Waals surface area contributed by atoms with E-state index >= 15 is 0 Å². The summed E-state index contributed by atoms with van der Waals surface area (Å²) in [5.74, 6) is 0. The Morgan fingerprint density at radius 3 is 2.85 bits per heavy atom. The van der Waals surface area contributed by atoms with Crippen molar-refractivity contribution in [2.75, 3.05) is 18.5 Å². The highest BCUT2D eigenvalue weighted by molar-refractivity contribution is 5.64. The number of likely N-dealkylation sites (N-methyl/N-ethyl adjacent to an activating group) is 1. The van der Waals surface area contributed by atoms with Crippen LogP contribution in [0.2, 0.25) is 0 Å². The summed E-state index contributed by atoms with van der Waals surface area (Å²) in [7, 11) is 2.19. The van der Waals surface area contributed by atoms with Crippen molar-refractivity contribution in [3.63, 3.8) is 0 Å². The highest BCUT2D eigenvalue weighted by Gasteiger charge is 2.18. The van der Waals surface area contributed by atoms with Gasteiger partial charge in [0.2, 0.25) is 0 Å². The molecule has 0 bridgehead atoms. The first-order chi connectivity index (χ1) is 6.22. The lowest BCUT2D eigenvalue weighted by Crippen LogP contribution is -2.14. The second-order valence-electron chi connectivity index (χ2n) is 3.96. The van der Waals surface area contributed by atoms with E-state index in [9.17, 15) is 0 Å². The van der Waals surface area contributed by atoms with E-state index in [-0.39, 0.29) is 0 Å². The van der Waals surface area contributed by atoms with Gasteiger partial charge in [-0.15, -0.1) is 0 Å². The minimum Gasteiger partial charge on any atom is -0.374 e. The molecule has 0 saturated heterocycles. The zero-order valence-electron chi connectivity index (χ0n) is 8.72. The summed E-state index contributed by atoms with van der Waals surface area (Å²) in [6, 6.07) is 4.65. The van der Waals surface area contributed by atoms with E-state index in [0.717, 1.165) is 6.42 Å². The Morgan fingerprint density at radius 2 is 2.15 bits per heavy atom. The maximum Gasteiger partial charge on any atom is 0.0429 e. The summed E-state index contributed by atoms with van der Waals surface area (Å²) < 4.78 is 0. The largest absolute Gasteiger partial charge is 0.374 e. The quantitative estimate of drug-likeness (QED) is 0.634. The first-order valence-corrected chi connectivity index (χ1v) is 5.06. The van der Waals surface area contributed by atoms with Gasteiger partial charge in [-0.05, 0) is 30.9 Å². The highest BCUT2D eigenvalue weighted by Crippen LogP contribution is 2.32. The third-order valence-electron chi connectivity index (χ3n) is 2.89. The van der Waals surface area contributed by atoms with Crippen LogP contribution < -0.4 is 4.90 Å².